The lowest BCUT2D eigenvalue weighted by molar-refractivity contribution is -0.0150. The van der Waals surface area contributed by atoms with Crippen molar-refractivity contribution in [3.05, 3.63) is 60.2 Å². The Morgan fingerprint density at radius 3 is 2.74 bits per heavy atom. The monoisotopic (exact) mass is 310 g/mol. The van der Waals surface area contributed by atoms with E-state index in [1.165, 1.54) is 5.57 Å². The molecular formula is C18H22N4O. The quantitative estimate of drug-likeness (QED) is 0.940. The fourth-order valence-electron chi connectivity index (χ4n) is 2.25. The van der Waals surface area contributed by atoms with Gasteiger partial charge in [0.1, 0.15) is 5.82 Å². The number of pyridine rings is 2. The SMILES string of the molecule is CC(C)(C)OCc1ccc(N2CC(c3cccnc3)=CN2)nc1. The van der Waals surface area contributed by atoms with Crippen LogP contribution in [-0.2, 0) is 11.3 Å². The highest BCUT2D eigenvalue weighted by molar-refractivity contribution is 5.71. The standard InChI is InChI=1S/C18H22N4O/c1-18(2,3)23-13-14-6-7-17(20-9-14)22-12-16(11-21-22)15-5-4-8-19-10-15/h4-11,21H,12-13H2,1-3H3. The van der Waals surface area contributed by atoms with Crippen molar-refractivity contribution in [2.75, 3.05) is 11.6 Å². The molecule has 120 valence electrons. The van der Waals surface area contributed by atoms with Crippen molar-refractivity contribution in [1.82, 2.24) is 15.4 Å². The number of ether oxygens (including phenoxy) is 1. The van der Waals surface area contributed by atoms with Gasteiger partial charge in [0, 0.05) is 24.8 Å². The van der Waals surface area contributed by atoms with Gasteiger partial charge in [-0.3, -0.25) is 9.99 Å². The number of nitrogens with zero attached hydrogens (tertiary/aromatic N) is 3. The Kier molecular flexibility index (Phi) is 4.30. The average molecular weight is 310 g/mol. The largest absolute Gasteiger partial charge is 0.371 e. The third kappa shape index (κ3) is 4.07. The molecule has 2 aromatic rings. The summed E-state index contributed by atoms with van der Waals surface area (Å²) in [6.07, 6.45) is 7.52. The Morgan fingerprint density at radius 2 is 2.09 bits per heavy atom. The summed E-state index contributed by atoms with van der Waals surface area (Å²) in [5.74, 6) is 0.889. The number of hydrazine groups is 1. The van der Waals surface area contributed by atoms with Crippen LogP contribution in [0.5, 0.6) is 0 Å². The summed E-state index contributed by atoms with van der Waals surface area (Å²) in [6, 6.07) is 8.07. The molecule has 5 heteroatoms. The molecule has 0 radical (unpaired) electrons. The van der Waals surface area contributed by atoms with E-state index in [1.807, 2.05) is 35.7 Å². The lowest BCUT2D eigenvalue weighted by Gasteiger charge is -2.20. The molecule has 0 fully saturated rings. The van der Waals surface area contributed by atoms with Crippen molar-refractivity contribution >= 4 is 11.4 Å². The summed E-state index contributed by atoms with van der Waals surface area (Å²) in [6.45, 7) is 7.48. The van der Waals surface area contributed by atoms with Gasteiger partial charge < -0.3 is 10.2 Å². The second-order valence-corrected chi connectivity index (χ2v) is 6.55. The van der Waals surface area contributed by atoms with Gasteiger partial charge in [-0.2, -0.15) is 0 Å². The summed E-state index contributed by atoms with van der Waals surface area (Å²) in [5.41, 5.74) is 6.50. The molecule has 23 heavy (non-hydrogen) atoms. The molecule has 0 bridgehead atoms. The van der Waals surface area contributed by atoms with Crippen LogP contribution < -0.4 is 10.4 Å². The Balaban J connectivity index is 1.61. The molecule has 1 N–H and O–H groups in total. The van der Waals surface area contributed by atoms with Crippen molar-refractivity contribution in [3.63, 3.8) is 0 Å². The number of nitrogens with one attached hydrogen (secondary N) is 1. The van der Waals surface area contributed by atoms with Crippen molar-refractivity contribution in [2.24, 2.45) is 0 Å². The molecule has 0 saturated carbocycles. The molecule has 3 rings (SSSR count). The van der Waals surface area contributed by atoms with Gasteiger partial charge in [0.2, 0.25) is 0 Å². The number of hydrogen-bond acceptors (Lipinski definition) is 5. The molecule has 0 amide bonds. The minimum Gasteiger partial charge on any atom is -0.371 e. The van der Waals surface area contributed by atoms with E-state index in [1.54, 1.807) is 6.20 Å². The maximum absolute atomic E-state index is 5.77. The zero-order valence-electron chi connectivity index (χ0n) is 13.8. The average Bonchev–Trinajstić information content (AvgIpc) is 3.04. The molecule has 1 aliphatic heterocycles. The molecule has 1 aliphatic rings. The van der Waals surface area contributed by atoms with E-state index < -0.39 is 0 Å². The molecule has 0 unspecified atom stereocenters. The van der Waals surface area contributed by atoms with Crippen LogP contribution in [0.4, 0.5) is 5.82 Å². The van der Waals surface area contributed by atoms with Crippen LogP contribution in [0.2, 0.25) is 0 Å². The van der Waals surface area contributed by atoms with Crippen LogP contribution in [0.15, 0.2) is 49.1 Å². The predicted molar refractivity (Wildman–Crippen MR) is 91.5 cm³/mol. The van der Waals surface area contributed by atoms with E-state index in [4.69, 9.17) is 4.74 Å². The van der Waals surface area contributed by atoms with Crippen molar-refractivity contribution in [2.45, 2.75) is 33.0 Å². The summed E-state index contributed by atoms with van der Waals surface area (Å²) in [7, 11) is 0. The van der Waals surface area contributed by atoms with Crippen molar-refractivity contribution in [1.29, 1.82) is 0 Å². The first-order chi connectivity index (χ1) is 11.0. The van der Waals surface area contributed by atoms with Crippen LogP contribution in [-0.4, -0.2) is 22.1 Å². The molecular weight excluding hydrogens is 288 g/mol. The molecule has 5 nitrogen and oxygen atoms in total. The first-order valence-corrected chi connectivity index (χ1v) is 7.73. The maximum Gasteiger partial charge on any atom is 0.147 e. The zero-order valence-corrected chi connectivity index (χ0v) is 13.8. The number of aromatic nitrogens is 2. The minimum atomic E-state index is -0.141. The van der Waals surface area contributed by atoms with E-state index in [0.29, 0.717) is 6.61 Å². The highest BCUT2D eigenvalue weighted by Crippen LogP contribution is 2.22. The highest BCUT2D eigenvalue weighted by Gasteiger charge is 2.17. The van der Waals surface area contributed by atoms with Gasteiger partial charge in [0.25, 0.3) is 0 Å². The summed E-state index contributed by atoms with van der Waals surface area (Å²) in [4.78, 5) is 8.69. The van der Waals surface area contributed by atoms with Crippen molar-refractivity contribution < 1.29 is 4.74 Å². The van der Waals surface area contributed by atoms with E-state index >= 15 is 0 Å². The fourth-order valence-corrected chi connectivity index (χ4v) is 2.25. The smallest absolute Gasteiger partial charge is 0.147 e. The van der Waals surface area contributed by atoms with Crippen LogP contribution in [0, 0.1) is 0 Å². The molecule has 0 spiro atoms. The highest BCUT2D eigenvalue weighted by atomic mass is 16.5. The van der Waals surface area contributed by atoms with E-state index in [2.05, 4.69) is 48.3 Å². The number of hydrogen-bond donors (Lipinski definition) is 1. The van der Waals surface area contributed by atoms with Crippen LogP contribution in [0.3, 0.4) is 0 Å². The normalized spacial score (nSPS) is 14.6. The van der Waals surface area contributed by atoms with E-state index in [-0.39, 0.29) is 5.60 Å². The fraction of sp³-hybridized carbons (Fsp3) is 0.333. The van der Waals surface area contributed by atoms with Gasteiger partial charge in [0.15, 0.2) is 0 Å². The first kappa shape index (κ1) is 15.5. The minimum absolute atomic E-state index is 0.141. The van der Waals surface area contributed by atoms with Crippen LogP contribution in [0.25, 0.3) is 5.57 Å². The van der Waals surface area contributed by atoms with Crippen LogP contribution in [0.1, 0.15) is 31.9 Å². The molecule has 2 aromatic heterocycles. The maximum atomic E-state index is 5.77. The molecule has 0 aromatic carbocycles. The Bertz CT molecular complexity index is 674. The lowest BCUT2D eigenvalue weighted by Crippen LogP contribution is -2.30. The predicted octanol–water partition coefficient (Wildman–Crippen LogP) is 3.16. The second kappa shape index (κ2) is 6.38. The number of anilines is 1. The third-order valence-electron chi connectivity index (χ3n) is 3.51. The molecule has 0 atom stereocenters. The molecule has 0 aliphatic carbocycles. The lowest BCUT2D eigenvalue weighted by atomic mass is 10.1. The molecule has 0 saturated heterocycles. The van der Waals surface area contributed by atoms with E-state index in [0.717, 1.165) is 23.5 Å². The van der Waals surface area contributed by atoms with Crippen molar-refractivity contribution in [3.8, 4) is 0 Å². The van der Waals surface area contributed by atoms with E-state index in [9.17, 15) is 0 Å². The summed E-state index contributed by atoms with van der Waals surface area (Å²) < 4.78 is 5.77. The Labute approximate surface area is 137 Å². The van der Waals surface area contributed by atoms with Gasteiger partial charge in [-0.05, 0) is 49.6 Å². The summed E-state index contributed by atoms with van der Waals surface area (Å²) in [5, 5.41) is 2.01. The third-order valence-corrected chi connectivity index (χ3v) is 3.51. The summed E-state index contributed by atoms with van der Waals surface area (Å²) >= 11 is 0. The Morgan fingerprint density at radius 1 is 1.22 bits per heavy atom. The van der Waals surface area contributed by atoms with Gasteiger partial charge in [-0.25, -0.2) is 4.98 Å². The Hall–Kier alpha value is -2.40. The van der Waals surface area contributed by atoms with Gasteiger partial charge in [-0.15, -0.1) is 0 Å². The van der Waals surface area contributed by atoms with Gasteiger partial charge >= 0.3 is 0 Å². The van der Waals surface area contributed by atoms with Gasteiger partial charge in [-0.1, -0.05) is 12.1 Å². The van der Waals surface area contributed by atoms with Gasteiger partial charge in [0.05, 0.1) is 18.8 Å². The second-order valence-electron chi connectivity index (χ2n) is 6.55. The first-order valence-electron chi connectivity index (χ1n) is 7.73. The number of rotatable bonds is 4. The van der Waals surface area contributed by atoms with Crippen LogP contribution >= 0.6 is 0 Å². The molecule has 3 heterocycles. The topological polar surface area (TPSA) is 50.3 Å². The zero-order chi connectivity index (χ0) is 16.3.